The van der Waals surface area contributed by atoms with Gasteiger partial charge in [-0.3, -0.25) is 4.79 Å². The van der Waals surface area contributed by atoms with E-state index in [9.17, 15) is 10.1 Å². The first-order valence-electron chi connectivity index (χ1n) is 13.6. The van der Waals surface area contributed by atoms with Crippen molar-refractivity contribution in [2.75, 3.05) is 18.5 Å². The molecular formula is C30H30N6O3. The number of hydrogen-bond donors (Lipinski definition) is 1. The van der Waals surface area contributed by atoms with E-state index in [0.29, 0.717) is 42.0 Å². The van der Waals surface area contributed by atoms with Gasteiger partial charge < -0.3 is 19.7 Å². The van der Waals surface area contributed by atoms with E-state index in [1.54, 1.807) is 6.08 Å². The van der Waals surface area contributed by atoms with Crippen LogP contribution in [-0.2, 0) is 10.5 Å². The lowest BCUT2D eigenvalue weighted by molar-refractivity contribution is -0.217. The maximum Gasteiger partial charge on any atom is 0.275 e. The first kappa shape index (κ1) is 24.1. The summed E-state index contributed by atoms with van der Waals surface area (Å²) in [6.07, 6.45) is 8.74. The van der Waals surface area contributed by atoms with Crippen molar-refractivity contribution in [2.24, 2.45) is 10.8 Å². The van der Waals surface area contributed by atoms with Crippen LogP contribution < -0.4 is 10.1 Å². The molecule has 2 aromatic rings. The summed E-state index contributed by atoms with van der Waals surface area (Å²) in [5.41, 5.74) is 2.12. The highest BCUT2D eigenvalue weighted by Crippen LogP contribution is 2.68. The summed E-state index contributed by atoms with van der Waals surface area (Å²) in [5.74, 6) is 1.13. The van der Waals surface area contributed by atoms with Crippen LogP contribution in [0.5, 0.6) is 11.6 Å². The predicted molar refractivity (Wildman–Crippen MR) is 142 cm³/mol. The highest BCUT2D eigenvalue weighted by molar-refractivity contribution is 5.99. The van der Waals surface area contributed by atoms with E-state index in [0.717, 1.165) is 55.2 Å². The van der Waals surface area contributed by atoms with Crippen molar-refractivity contribution in [1.29, 1.82) is 10.5 Å². The van der Waals surface area contributed by atoms with Gasteiger partial charge in [0.15, 0.2) is 5.72 Å². The number of rotatable bonds is 5. The van der Waals surface area contributed by atoms with Crippen LogP contribution in [0.1, 0.15) is 78.2 Å². The maximum absolute atomic E-state index is 13.9. The lowest BCUT2D eigenvalue weighted by Gasteiger charge is -2.66. The third-order valence-corrected chi connectivity index (χ3v) is 9.55. The number of nitrogens with one attached hydrogen (secondary N) is 1. The van der Waals surface area contributed by atoms with E-state index in [1.165, 1.54) is 6.08 Å². The lowest BCUT2D eigenvalue weighted by Crippen LogP contribution is -2.70. The highest BCUT2D eigenvalue weighted by atomic mass is 16.5. The van der Waals surface area contributed by atoms with E-state index in [4.69, 9.17) is 24.7 Å². The molecule has 3 heterocycles. The van der Waals surface area contributed by atoms with Gasteiger partial charge in [-0.15, -0.1) is 0 Å². The number of carbonyl (C=O) groups excluding carboxylic acids is 1. The molecule has 8 rings (SSSR count). The molecule has 1 saturated heterocycles. The molecule has 2 aliphatic heterocycles. The van der Waals surface area contributed by atoms with Crippen molar-refractivity contribution in [3.8, 4) is 23.8 Å². The Kier molecular flexibility index (Phi) is 4.82. The van der Waals surface area contributed by atoms with Crippen LogP contribution in [0, 0.1) is 47.3 Å². The summed E-state index contributed by atoms with van der Waals surface area (Å²) in [6, 6.07) is 8.36. The Balaban J connectivity index is 1.30. The fourth-order valence-electron chi connectivity index (χ4n) is 7.37. The van der Waals surface area contributed by atoms with Crippen LogP contribution in [0.25, 0.3) is 6.08 Å². The zero-order valence-corrected chi connectivity index (χ0v) is 22.4. The Morgan fingerprint density at radius 2 is 1.87 bits per heavy atom. The fourth-order valence-corrected chi connectivity index (χ4v) is 7.37. The van der Waals surface area contributed by atoms with Crippen molar-refractivity contribution in [1.82, 2.24) is 14.9 Å². The molecule has 9 nitrogen and oxygen atoms in total. The van der Waals surface area contributed by atoms with E-state index in [-0.39, 0.29) is 22.3 Å². The van der Waals surface area contributed by atoms with Gasteiger partial charge in [-0.2, -0.15) is 15.5 Å². The number of nitriles is 2. The molecule has 1 aromatic carbocycles. The van der Waals surface area contributed by atoms with Crippen molar-refractivity contribution >= 4 is 17.9 Å². The largest absolute Gasteiger partial charge is 0.438 e. The molecule has 4 aliphatic carbocycles. The zero-order valence-electron chi connectivity index (χ0n) is 22.4. The number of benzene rings is 1. The molecule has 5 fully saturated rings. The number of allylic oxidation sites excluding steroid dienone is 1. The van der Waals surface area contributed by atoms with E-state index < -0.39 is 5.72 Å². The van der Waals surface area contributed by atoms with Gasteiger partial charge in [0, 0.05) is 23.6 Å². The Bertz CT molecular complexity index is 1520. The molecule has 4 saturated carbocycles. The molecule has 0 radical (unpaired) electrons. The number of anilines is 1. The first-order valence-corrected chi connectivity index (χ1v) is 13.6. The molecule has 1 N–H and O–H groups in total. The minimum Gasteiger partial charge on any atom is -0.438 e. The average molecular weight is 523 g/mol. The van der Waals surface area contributed by atoms with Gasteiger partial charge in [0.25, 0.3) is 5.91 Å². The lowest BCUT2D eigenvalue weighted by atomic mass is 9.40. The van der Waals surface area contributed by atoms with Crippen molar-refractivity contribution in [3.63, 3.8) is 0 Å². The van der Waals surface area contributed by atoms with Crippen LogP contribution in [-0.4, -0.2) is 39.5 Å². The van der Waals surface area contributed by atoms with E-state index in [2.05, 4.69) is 11.4 Å². The minimum absolute atomic E-state index is 0.0180. The van der Waals surface area contributed by atoms with Crippen molar-refractivity contribution in [2.45, 2.75) is 70.6 Å². The van der Waals surface area contributed by atoms with Gasteiger partial charge in [0.1, 0.15) is 11.4 Å². The topological polar surface area (TPSA) is 124 Å². The molecule has 1 aromatic heterocycles. The number of aryl methyl sites for hydroxylation is 2. The minimum atomic E-state index is -1.01. The van der Waals surface area contributed by atoms with Gasteiger partial charge in [0.05, 0.1) is 29.7 Å². The summed E-state index contributed by atoms with van der Waals surface area (Å²) >= 11 is 0. The normalized spacial score (nSPS) is 30.9. The number of aromatic nitrogens is 2. The Morgan fingerprint density at radius 3 is 2.49 bits per heavy atom. The second-order valence-corrected chi connectivity index (χ2v) is 12.5. The Hall–Kier alpha value is -3.95. The van der Waals surface area contributed by atoms with Crippen molar-refractivity contribution < 1.29 is 14.3 Å². The molecule has 1 amide bonds. The molecule has 2 bridgehead atoms. The monoisotopic (exact) mass is 522 g/mol. The second kappa shape index (κ2) is 7.80. The molecule has 9 heteroatoms. The van der Waals surface area contributed by atoms with Gasteiger partial charge in [-0.05, 0) is 87.8 Å². The van der Waals surface area contributed by atoms with Crippen LogP contribution in [0.3, 0.4) is 0 Å². The van der Waals surface area contributed by atoms with Gasteiger partial charge in [-0.25, -0.2) is 4.98 Å². The van der Waals surface area contributed by atoms with Crippen molar-refractivity contribution in [3.05, 3.63) is 46.2 Å². The Morgan fingerprint density at radius 1 is 1.15 bits per heavy atom. The summed E-state index contributed by atoms with van der Waals surface area (Å²) in [5, 5.41) is 21.8. The quantitative estimate of drug-likeness (QED) is 0.537. The standard InChI is InChI=1S/C30H30N6O3/c1-18-10-20(6-4-9-31)11-19(2)23(18)39-24-21-22(33-26(34-24)35-30-12-29(13-30,14-30)15-32)25(37)36-16-28(7-5-8-28)17-38-27(21,36)3/h4,6,10-11H,5,7-8,12-14,16-17H2,1-3H3,(H,33,34,35)/b6-4+. The Labute approximate surface area is 227 Å². The van der Waals surface area contributed by atoms with Gasteiger partial charge in [0.2, 0.25) is 11.8 Å². The third kappa shape index (κ3) is 3.36. The summed E-state index contributed by atoms with van der Waals surface area (Å²) in [4.78, 5) is 25.2. The van der Waals surface area contributed by atoms with E-state index >= 15 is 0 Å². The number of carbonyl (C=O) groups is 1. The first-order chi connectivity index (χ1) is 18.6. The maximum atomic E-state index is 13.9. The van der Waals surface area contributed by atoms with Crippen LogP contribution in [0.15, 0.2) is 18.2 Å². The number of ether oxygens (including phenoxy) is 2. The summed E-state index contributed by atoms with van der Waals surface area (Å²) < 4.78 is 13.1. The summed E-state index contributed by atoms with van der Waals surface area (Å²) in [6.45, 7) is 7.04. The molecule has 1 spiro atoms. The number of fused-ring (bicyclic) bond motifs is 3. The molecule has 6 aliphatic rings. The summed E-state index contributed by atoms with van der Waals surface area (Å²) in [7, 11) is 0. The predicted octanol–water partition coefficient (Wildman–Crippen LogP) is 5.11. The highest BCUT2D eigenvalue weighted by Gasteiger charge is 2.69. The number of amides is 1. The van der Waals surface area contributed by atoms with Crippen LogP contribution in [0.4, 0.5) is 5.95 Å². The SMILES string of the molecule is Cc1cc(/C=C/C#N)cc(C)c1Oc1nc(NC23CC(C#N)(C2)C3)nc2c1C1(C)OCC3(CCC3)CN1C2=O. The van der Waals surface area contributed by atoms with Gasteiger partial charge in [-0.1, -0.05) is 6.42 Å². The smallest absolute Gasteiger partial charge is 0.275 e. The molecule has 1 unspecified atom stereocenters. The fraction of sp³-hybridized carbons (Fsp3) is 0.500. The molecule has 198 valence electrons. The zero-order chi connectivity index (χ0) is 27.2. The van der Waals surface area contributed by atoms with Gasteiger partial charge >= 0.3 is 0 Å². The van der Waals surface area contributed by atoms with E-state index in [1.807, 2.05) is 43.9 Å². The number of hydrogen-bond acceptors (Lipinski definition) is 8. The molecule has 1 atom stereocenters. The molecule has 39 heavy (non-hydrogen) atoms. The third-order valence-electron chi connectivity index (χ3n) is 9.55. The second-order valence-electron chi connectivity index (χ2n) is 12.5. The van der Waals surface area contributed by atoms with Crippen LogP contribution in [0.2, 0.25) is 0 Å². The van der Waals surface area contributed by atoms with Crippen LogP contribution >= 0.6 is 0 Å². The molecular weight excluding hydrogens is 492 g/mol. The number of nitrogens with zero attached hydrogens (tertiary/aromatic N) is 5. The average Bonchev–Trinajstić information content (AvgIpc) is 3.06.